The fraction of sp³-hybridized carbons (Fsp3) is 0.688. The average molecular weight is 296 g/mol. The zero-order valence-corrected chi connectivity index (χ0v) is 13.9. The van der Waals surface area contributed by atoms with Crippen LogP contribution in [-0.4, -0.2) is 11.9 Å². The second kappa shape index (κ2) is 7.79. The quantitative estimate of drug-likeness (QED) is 0.802. The molecule has 2 unspecified atom stereocenters. The normalized spacial score (nSPS) is 14.8. The van der Waals surface area contributed by atoms with Crippen LogP contribution in [-0.2, 0) is 4.79 Å². The maximum Gasteiger partial charge on any atom is 0.222 e. The van der Waals surface area contributed by atoms with Crippen molar-refractivity contribution in [2.24, 2.45) is 11.1 Å². The van der Waals surface area contributed by atoms with E-state index in [2.05, 4.69) is 44.5 Å². The van der Waals surface area contributed by atoms with Crippen LogP contribution in [0.5, 0.6) is 0 Å². The SMILES string of the molecule is CCCC(NC(=O)CC(N)CC(C)(C)C)c1cccs1. The molecule has 1 aromatic heterocycles. The van der Waals surface area contributed by atoms with E-state index in [0.717, 1.165) is 19.3 Å². The van der Waals surface area contributed by atoms with E-state index in [-0.39, 0.29) is 23.4 Å². The Kier molecular flexibility index (Phi) is 6.69. The lowest BCUT2D eigenvalue weighted by Gasteiger charge is -2.24. The lowest BCUT2D eigenvalue weighted by atomic mass is 9.87. The van der Waals surface area contributed by atoms with Gasteiger partial charge < -0.3 is 11.1 Å². The van der Waals surface area contributed by atoms with Crippen LogP contribution in [0, 0.1) is 5.41 Å². The van der Waals surface area contributed by atoms with E-state index in [1.54, 1.807) is 11.3 Å². The summed E-state index contributed by atoms with van der Waals surface area (Å²) in [4.78, 5) is 13.4. The van der Waals surface area contributed by atoms with Crippen LogP contribution < -0.4 is 11.1 Å². The second-order valence-corrected chi connectivity index (χ2v) is 7.63. The molecule has 4 heteroatoms. The van der Waals surface area contributed by atoms with E-state index < -0.39 is 0 Å². The summed E-state index contributed by atoms with van der Waals surface area (Å²) in [5, 5.41) is 5.18. The Bertz CT molecular complexity index is 395. The molecule has 3 N–H and O–H groups in total. The molecule has 0 aromatic carbocycles. The number of carbonyl (C=O) groups is 1. The fourth-order valence-electron chi connectivity index (χ4n) is 2.41. The summed E-state index contributed by atoms with van der Waals surface area (Å²) >= 11 is 1.70. The van der Waals surface area contributed by atoms with Gasteiger partial charge in [-0.05, 0) is 29.7 Å². The van der Waals surface area contributed by atoms with E-state index in [1.165, 1.54) is 4.88 Å². The summed E-state index contributed by atoms with van der Waals surface area (Å²) in [5.74, 6) is 0.0635. The molecule has 0 saturated heterocycles. The molecule has 1 rings (SSSR count). The molecule has 2 atom stereocenters. The van der Waals surface area contributed by atoms with E-state index in [1.807, 2.05) is 6.07 Å². The van der Waals surface area contributed by atoms with Crippen molar-refractivity contribution < 1.29 is 4.79 Å². The molecule has 0 spiro atoms. The summed E-state index contributed by atoms with van der Waals surface area (Å²) in [5.41, 5.74) is 6.23. The zero-order chi connectivity index (χ0) is 15.2. The van der Waals surface area contributed by atoms with E-state index >= 15 is 0 Å². The summed E-state index contributed by atoms with van der Waals surface area (Å²) in [6.45, 7) is 8.58. The van der Waals surface area contributed by atoms with Gasteiger partial charge in [0.2, 0.25) is 5.91 Å². The van der Waals surface area contributed by atoms with Gasteiger partial charge in [-0.15, -0.1) is 11.3 Å². The van der Waals surface area contributed by atoms with Crippen molar-refractivity contribution >= 4 is 17.2 Å². The Morgan fingerprint density at radius 3 is 2.65 bits per heavy atom. The minimum absolute atomic E-state index is 0.0635. The van der Waals surface area contributed by atoms with Crippen LogP contribution in [0.15, 0.2) is 17.5 Å². The third-order valence-corrected chi connectivity index (χ3v) is 4.11. The number of hydrogen-bond acceptors (Lipinski definition) is 3. The maximum absolute atomic E-state index is 12.1. The number of nitrogens with one attached hydrogen (secondary N) is 1. The summed E-state index contributed by atoms with van der Waals surface area (Å²) in [7, 11) is 0. The summed E-state index contributed by atoms with van der Waals surface area (Å²) in [6.07, 6.45) is 3.29. The molecule has 1 amide bonds. The topological polar surface area (TPSA) is 55.1 Å². The predicted octanol–water partition coefficient (Wildman–Crippen LogP) is 3.86. The summed E-state index contributed by atoms with van der Waals surface area (Å²) in [6, 6.07) is 4.18. The first-order chi connectivity index (χ1) is 9.31. The van der Waals surface area contributed by atoms with Crippen molar-refractivity contribution in [3.63, 3.8) is 0 Å². The third-order valence-electron chi connectivity index (χ3n) is 3.12. The Morgan fingerprint density at radius 1 is 1.45 bits per heavy atom. The monoisotopic (exact) mass is 296 g/mol. The van der Waals surface area contributed by atoms with Gasteiger partial charge in [-0.3, -0.25) is 4.79 Å². The number of nitrogens with two attached hydrogens (primary N) is 1. The molecule has 114 valence electrons. The molecule has 0 saturated carbocycles. The number of thiophene rings is 1. The Labute approximate surface area is 127 Å². The third kappa shape index (κ3) is 6.53. The Hall–Kier alpha value is -0.870. The van der Waals surface area contributed by atoms with Gasteiger partial charge in [0.15, 0.2) is 0 Å². The van der Waals surface area contributed by atoms with Crippen LogP contribution in [0.3, 0.4) is 0 Å². The highest BCUT2D eigenvalue weighted by atomic mass is 32.1. The highest BCUT2D eigenvalue weighted by molar-refractivity contribution is 7.10. The maximum atomic E-state index is 12.1. The van der Waals surface area contributed by atoms with Gasteiger partial charge in [-0.2, -0.15) is 0 Å². The van der Waals surface area contributed by atoms with Crippen molar-refractivity contribution in [3.8, 4) is 0 Å². The smallest absolute Gasteiger partial charge is 0.222 e. The van der Waals surface area contributed by atoms with Crippen molar-refractivity contribution in [2.75, 3.05) is 0 Å². The Morgan fingerprint density at radius 2 is 2.15 bits per heavy atom. The number of amides is 1. The second-order valence-electron chi connectivity index (χ2n) is 6.65. The highest BCUT2D eigenvalue weighted by Crippen LogP contribution is 2.24. The molecule has 0 aliphatic heterocycles. The molecule has 0 aliphatic rings. The average Bonchev–Trinajstić information content (AvgIpc) is 2.78. The molecule has 0 bridgehead atoms. The van der Waals surface area contributed by atoms with E-state index in [9.17, 15) is 4.79 Å². The minimum Gasteiger partial charge on any atom is -0.348 e. The molecule has 1 aromatic rings. The largest absolute Gasteiger partial charge is 0.348 e. The Balaban J connectivity index is 2.50. The van der Waals surface area contributed by atoms with Gasteiger partial charge in [-0.25, -0.2) is 0 Å². The van der Waals surface area contributed by atoms with Gasteiger partial charge in [-0.1, -0.05) is 40.2 Å². The number of hydrogen-bond donors (Lipinski definition) is 2. The lowest BCUT2D eigenvalue weighted by Crippen LogP contribution is -2.35. The van der Waals surface area contributed by atoms with Crippen molar-refractivity contribution in [2.45, 2.75) is 65.5 Å². The first-order valence-electron chi connectivity index (χ1n) is 7.40. The molecule has 0 aliphatic carbocycles. The molecule has 3 nitrogen and oxygen atoms in total. The van der Waals surface area contributed by atoms with Gasteiger partial charge in [0.1, 0.15) is 0 Å². The fourth-order valence-corrected chi connectivity index (χ4v) is 3.23. The van der Waals surface area contributed by atoms with E-state index in [4.69, 9.17) is 5.73 Å². The van der Waals surface area contributed by atoms with Crippen LogP contribution in [0.25, 0.3) is 0 Å². The van der Waals surface area contributed by atoms with Crippen molar-refractivity contribution in [1.29, 1.82) is 0 Å². The summed E-state index contributed by atoms with van der Waals surface area (Å²) < 4.78 is 0. The van der Waals surface area contributed by atoms with Crippen LogP contribution >= 0.6 is 11.3 Å². The first kappa shape index (κ1) is 17.2. The van der Waals surface area contributed by atoms with Gasteiger partial charge >= 0.3 is 0 Å². The molecule has 20 heavy (non-hydrogen) atoms. The predicted molar refractivity (Wildman–Crippen MR) is 86.8 cm³/mol. The zero-order valence-electron chi connectivity index (χ0n) is 13.1. The minimum atomic E-state index is -0.0689. The van der Waals surface area contributed by atoms with Crippen molar-refractivity contribution in [1.82, 2.24) is 5.32 Å². The van der Waals surface area contributed by atoms with Gasteiger partial charge in [0.05, 0.1) is 6.04 Å². The number of carbonyl (C=O) groups excluding carboxylic acids is 1. The van der Waals surface area contributed by atoms with Gasteiger partial charge in [0, 0.05) is 17.3 Å². The molecule has 0 radical (unpaired) electrons. The molecule has 0 fully saturated rings. The van der Waals surface area contributed by atoms with Crippen molar-refractivity contribution in [3.05, 3.63) is 22.4 Å². The van der Waals surface area contributed by atoms with Crippen LogP contribution in [0.2, 0.25) is 0 Å². The van der Waals surface area contributed by atoms with Crippen LogP contribution in [0.1, 0.15) is 64.3 Å². The lowest BCUT2D eigenvalue weighted by molar-refractivity contribution is -0.122. The molecular weight excluding hydrogens is 268 g/mol. The highest BCUT2D eigenvalue weighted by Gasteiger charge is 2.20. The first-order valence-corrected chi connectivity index (χ1v) is 8.28. The molecule has 1 heterocycles. The van der Waals surface area contributed by atoms with Crippen LogP contribution in [0.4, 0.5) is 0 Å². The number of rotatable bonds is 7. The van der Waals surface area contributed by atoms with Gasteiger partial charge in [0.25, 0.3) is 0 Å². The van der Waals surface area contributed by atoms with E-state index in [0.29, 0.717) is 6.42 Å². The molecular formula is C16H28N2OS. The standard InChI is InChI=1S/C16H28N2OS/c1-5-7-13(14-8-6-9-20-14)18-15(19)10-12(17)11-16(2,3)4/h6,8-9,12-13H,5,7,10-11,17H2,1-4H3,(H,18,19).